The molecule has 0 saturated heterocycles. The van der Waals surface area contributed by atoms with Crippen molar-refractivity contribution in [1.29, 1.82) is 0 Å². The first-order valence-corrected chi connectivity index (χ1v) is 7.54. The van der Waals surface area contributed by atoms with Gasteiger partial charge in [0.25, 0.3) is 0 Å². The van der Waals surface area contributed by atoms with E-state index >= 15 is 0 Å². The van der Waals surface area contributed by atoms with Crippen LogP contribution >= 0.6 is 0 Å². The molecule has 4 N–H and O–H groups in total. The molecule has 1 aromatic rings. The molecule has 0 spiro atoms. The lowest BCUT2D eigenvalue weighted by atomic mass is 9.96. The van der Waals surface area contributed by atoms with Gasteiger partial charge in [-0.2, -0.15) is 0 Å². The number of nitrogens with one attached hydrogen (secondary N) is 1. The topological polar surface area (TPSA) is 95.7 Å². The van der Waals surface area contributed by atoms with Crippen molar-refractivity contribution in [2.24, 2.45) is 5.73 Å². The van der Waals surface area contributed by atoms with Gasteiger partial charge in [0.1, 0.15) is 0 Å². The molecular weight excluding hydrogens is 282 g/mol. The van der Waals surface area contributed by atoms with Crippen molar-refractivity contribution in [2.75, 3.05) is 13.1 Å². The second kappa shape index (κ2) is 9.04. The predicted octanol–water partition coefficient (Wildman–Crippen LogP) is 1.80. The quantitative estimate of drug-likeness (QED) is 0.349. The predicted molar refractivity (Wildman–Crippen MR) is 85.4 cm³/mol. The third-order valence-electron chi connectivity index (χ3n) is 3.77. The summed E-state index contributed by atoms with van der Waals surface area (Å²) in [6, 6.07) is 9.66. The zero-order valence-corrected chi connectivity index (χ0v) is 13.0. The Balaban J connectivity index is 2.71. The van der Waals surface area contributed by atoms with Crippen LogP contribution < -0.4 is 11.1 Å². The lowest BCUT2D eigenvalue weighted by molar-refractivity contribution is -0.109. The molecule has 1 rings (SSSR count). The number of nitrogens with zero attached hydrogens (tertiary/aromatic N) is 1. The average molecular weight is 307 g/mol. The van der Waals surface area contributed by atoms with E-state index in [0.717, 1.165) is 5.56 Å². The Morgan fingerprint density at radius 2 is 2.05 bits per heavy atom. The van der Waals surface area contributed by atoms with Crippen LogP contribution in [0.15, 0.2) is 30.3 Å². The molecule has 0 aliphatic rings. The lowest BCUT2D eigenvalue weighted by Gasteiger charge is -2.39. The van der Waals surface area contributed by atoms with E-state index in [1.54, 1.807) is 0 Å². The van der Waals surface area contributed by atoms with Gasteiger partial charge in [0, 0.05) is 19.5 Å². The van der Waals surface area contributed by atoms with Crippen LogP contribution in [0.25, 0.3) is 0 Å². The smallest absolute Gasteiger partial charge is 0.408 e. The molecule has 1 atom stereocenters. The number of carboxylic acid groups (broad SMARTS) is 1. The molecule has 1 aromatic carbocycles. The maximum absolute atomic E-state index is 11.6. The molecule has 122 valence electrons. The summed E-state index contributed by atoms with van der Waals surface area (Å²) in [6.45, 7) is 2.79. The molecule has 0 aliphatic carbocycles. The van der Waals surface area contributed by atoms with Crippen LogP contribution in [0.5, 0.6) is 0 Å². The molecule has 0 saturated carbocycles. The summed E-state index contributed by atoms with van der Waals surface area (Å²) in [5.74, 6) is 0. The number of hydrogen-bond donors (Lipinski definition) is 3. The van der Waals surface area contributed by atoms with Gasteiger partial charge in [0.15, 0.2) is 0 Å². The van der Waals surface area contributed by atoms with Crippen LogP contribution in [0.3, 0.4) is 0 Å². The molecule has 6 nitrogen and oxygen atoms in total. The first-order chi connectivity index (χ1) is 10.5. The van der Waals surface area contributed by atoms with E-state index in [0.29, 0.717) is 45.2 Å². The highest BCUT2D eigenvalue weighted by atomic mass is 16.4. The molecule has 0 heterocycles. The van der Waals surface area contributed by atoms with Gasteiger partial charge in [-0.05, 0) is 24.8 Å². The molecule has 22 heavy (non-hydrogen) atoms. The Morgan fingerprint density at radius 1 is 1.36 bits per heavy atom. The molecule has 6 heteroatoms. The van der Waals surface area contributed by atoms with Crippen LogP contribution in [0.1, 0.15) is 31.7 Å². The maximum Gasteiger partial charge on any atom is 0.408 e. The van der Waals surface area contributed by atoms with Crippen LogP contribution in [0.4, 0.5) is 4.79 Å². The van der Waals surface area contributed by atoms with Gasteiger partial charge in [-0.3, -0.25) is 9.69 Å². The van der Waals surface area contributed by atoms with Gasteiger partial charge in [-0.15, -0.1) is 0 Å². The summed E-state index contributed by atoms with van der Waals surface area (Å²) >= 11 is 0. The Kier molecular flexibility index (Phi) is 7.39. The molecule has 2 amide bonds. The van der Waals surface area contributed by atoms with Crippen LogP contribution in [0.2, 0.25) is 0 Å². The van der Waals surface area contributed by atoms with E-state index in [4.69, 9.17) is 5.73 Å². The maximum atomic E-state index is 11.6. The molecular formula is C16H25N3O3. The summed E-state index contributed by atoms with van der Waals surface area (Å²) in [5, 5.41) is 12.1. The number of nitrogens with two attached hydrogens (primary N) is 1. The summed E-state index contributed by atoms with van der Waals surface area (Å²) in [5.41, 5.74) is 6.48. The fourth-order valence-corrected chi connectivity index (χ4v) is 2.43. The first-order valence-electron chi connectivity index (χ1n) is 7.54. The highest BCUT2D eigenvalue weighted by molar-refractivity contribution is 5.66. The highest BCUT2D eigenvalue weighted by Crippen LogP contribution is 2.20. The summed E-state index contributed by atoms with van der Waals surface area (Å²) in [4.78, 5) is 23.1. The minimum absolute atomic E-state index is 0.354. The molecule has 0 fully saturated rings. The largest absolute Gasteiger partial charge is 0.465 e. The number of carbonyl (C=O) groups excluding carboxylic acids is 1. The van der Waals surface area contributed by atoms with Gasteiger partial charge >= 0.3 is 6.09 Å². The molecule has 0 radical (unpaired) electrons. The standard InChI is InChI=1S/C16H25N3O3/c1-2-16(17,12-14-8-4-3-5-9-14)19(15(21)22)11-7-6-10-18-13-20/h3-5,8-9,13H,2,6-7,10-12,17H2,1H3,(H,18,20)(H,21,22). The van der Waals surface area contributed by atoms with E-state index in [2.05, 4.69) is 5.32 Å². The van der Waals surface area contributed by atoms with Crippen molar-refractivity contribution < 1.29 is 14.7 Å². The number of carbonyl (C=O) groups is 2. The van der Waals surface area contributed by atoms with Crippen LogP contribution in [-0.2, 0) is 11.2 Å². The number of rotatable bonds is 10. The van der Waals surface area contributed by atoms with Crippen molar-refractivity contribution in [3.8, 4) is 0 Å². The van der Waals surface area contributed by atoms with Crippen molar-refractivity contribution in [3.05, 3.63) is 35.9 Å². The summed E-state index contributed by atoms with van der Waals surface area (Å²) in [7, 11) is 0. The Hall–Kier alpha value is -2.08. The third-order valence-corrected chi connectivity index (χ3v) is 3.77. The number of amides is 2. The fraction of sp³-hybridized carbons (Fsp3) is 0.500. The molecule has 0 bridgehead atoms. The number of unbranched alkanes of at least 4 members (excludes halogenated alkanes) is 1. The Bertz CT molecular complexity index is 467. The van der Waals surface area contributed by atoms with Crippen molar-refractivity contribution in [2.45, 2.75) is 38.3 Å². The Labute approximate surface area is 131 Å². The monoisotopic (exact) mass is 307 g/mol. The van der Waals surface area contributed by atoms with Crippen LogP contribution in [-0.4, -0.2) is 41.3 Å². The van der Waals surface area contributed by atoms with Gasteiger partial charge in [0.05, 0.1) is 5.66 Å². The zero-order valence-electron chi connectivity index (χ0n) is 13.0. The lowest BCUT2D eigenvalue weighted by Crippen LogP contribution is -2.59. The van der Waals surface area contributed by atoms with E-state index < -0.39 is 11.8 Å². The van der Waals surface area contributed by atoms with Crippen molar-refractivity contribution in [3.63, 3.8) is 0 Å². The van der Waals surface area contributed by atoms with Gasteiger partial charge in [-0.25, -0.2) is 4.79 Å². The van der Waals surface area contributed by atoms with E-state index in [9.17, 15) is 14.7 Å². The number of hydrogen-bond acceptors (Lipinski definition) is 3. The first kappa shape index (κ1) is 18.0. The minimum Gasteiger partial charge on any atom is -0.465 e. The SMILES string of the molecule is CCC(N)(Cc1ccccc1)N(CCCCNC=O)C(=O)O. The second-order valence-electron chi connectivity index (χ2n) is 5.33. The van der Waals surface area contributed by atoms with E-state index in [-0.39, 0.29) is 0 Å². The zero-order chi connectivity index (χ0) is 16.4. The van der Waals surface area contributed by atoms with Crippen molar-refractivity contribution in [1.82, 2.24) is 10.2 Å². The third kappa shape index (κ3) is 5.37. The molecule has 0 aromatic heterocycles. The Morgan fingerprint density at radius 3 is 2.59 bits per heavy atom. The minimum atomic E-state index is -1.01. The number of benzene rings is 1. The van der Waals surface area contributed by atoms with E-state index in [1.165, 1.54) is 4.90 Å². The van der Waals surface area contributed by atoms with Gasteiger partial charge in [-0.1, -0.05) is 37.3 Å². The summed E-state index contributed by atoms with van der Waals surface area (Å²) < 4.78 is 0. The summed E-state index contributed by atoms with van der Waals surface area (Å²) in [6.07, 6.45) is 2.01. The normalized spacial score (nSPS) is 13.2. The average Bonchev–Trinajstić information content (AvgIpc) is 2.51. The highest BCUT2D eigenvalue weighted by Gasteiger charge is 2.34. The molecule has 0 aliphatic heterocycles. The van der Waals surface area contributed by atoms with Gasteiger partial charge in [0.2, 0.25) is 6.41 Å². The van der Waals surface area contributed by atoms with E-state index in [1.807, 2.05) is 37.3 Å². The second-order valence-corrected chi connectivity index (χ2v) is 5.33. The van der Waals surface area contributed by atoms with Crippen LogP contribution in [0, 0.1) is 0 Å². The van der Waals surface area contributed by atoms with Gasteiger partial charge < -0.3 is 16.2 Å². The fourth-order valence-electron chi connectivity index (χ4n) is 2.43. The molecule has 1 unspecified atom stereocenters. The van der Waals surface area contributed by atoms with Crippen molar-refractivity contribution >= 4 is 12.5 Å².